The van der Waals surface area contributed by atoms with Crippen molar-refractivity contribution in [1.29, 1.82) is 0 Å². The van der Waals surface area contributed by atoms with Crippen molar-refractivity contribution in [1.82, 2.24) is 0 Å². The SMILES string of the molecule is COc1ccc(N2C(C(=O)OC(C)(C)C)c3c(ccc4ccccc34)O[C@H]2C(=O)OC(C)(C)C)cc1. The second-order valence-electron chi connectivity index (χ2n) is 10.7. The average molecular weight is 492 g/mol. The van der Waals surface area contributed by atoms with E-state index in [0.29, 0.717) is 22.7 Å². The van der Waals surface area contributed by atoms with Crippen LogP contribution >= 0.6 is 0 Å². The summed E-state index contributed by atoms with van der Waals surface area (Å²) >= 11 is 0. The Balaban J connectivity index is 1.96. The Morgan fingerprint density at radius 3 is 2.03 bits per heavy atom. The zero-order valence-corrected chi connectivity index (χ0v) is 21.8. The molecule has 0 saturated heterocycles. The van der Waals surface area contributed by atoms with Crippen LogP contribution in [0.5, 0.6) is 11.5 Å². The highest BCUT2D eigenvalue weighted by molar-refractivity contribution is 5.97. The summed E-state index contributed by atoms with van der Waals surface area (Å²) in [5, 5.41) is 1.78. The minimum Gasteiger partial charge on any atom is -0.497 e. The predicted molar refractivity (Wildman–Crippen MR) is 138 cm³/mol. The Kier molecular flexibility index (Phi) is 6.60. The molecule has 1 heterocycles. The monoisotopic (exact) mass is 491 g/mol. The summed E-state index contributed by atoms with van der Waals surface area (Å²) in [7, 11) is 1.58. The van der Waals surface area contributed by atoms with Crippen molar-refractivity contribution in [2.75, 3.05) is 12.0 Å². The molecule has 0 aromatic heterocycles. The first-order valence-electron chi connectivity index (χ1n) is 11.9. The smallest absolute Gasteiger partial charge is 0.369 e. The van der Waals surface area contributed by atoms with E-state index < -0.39 is 35.4 Å². The van der Waals surface area contributed by atoms with Gasteiger partial charge < -0.3 is 23.8 Å². The van der Waals surface area contributed by atoms with Crippen molar-refractivity contribution in [2.24, 2.45) is 0 Å². The number of nitrogens with zero attached hydrogens (tertiary/aromatic N) is 1. The number of rotatable bonds is 4. The lowest BCUT2D eigenvalue weighted by Gasteiger charge is -2.43. The standard InChI is InChI=1S/C29H33NO6/c1-28(2,3)35-26(31)24-23-21-11-9-8-10-18(21)12-17-22(23)34-25(27(32)36-29(4,5)6)30(24)19-13-15-20(33-7)16-14-19/h8-17,24-25H,1-7H3/t24?,25-/m0/s1. The molecule has 0 radical (unpaired) electrons. The zero-order valence-electron chi connectivity index (χ0n) is 21.8. The minimum atomic E-state index is -1.22. The minimum absolute atomic E-state index is 0.435. The molecule has 0 spiro atoms. The number of hydrogen-bond donors (Lipinski definition) is 0. The van der Waals surface area contributed by atoms with Crippen molar-refractivity contribution in [3.05, 3.63) is 66.2 Å². The van der Waals surface area contributed by atoms with Gasteiger partial charge in [0.25, 0.3) is 6.23 Å². The van der Waals surface area contributed by atoms with Crippen LogP contribution in [0.15, 0.2) is 60.7 Å². The molecular formula is C29H33NO6. The fraction of sp³-hybridized carbons (Fsp3) is 0.379. The van der Waals surface area contributed by atoms with Gasteiger partial charge in [-0.3, -0.25) is 0 Å². The van der Waals surface area contributed by atoms with Gasteiger partial charge in [0.1, 0.15) is 22.7 Å². The van der Waals surface area contributed by atoms with E-state index in [2.05, 4.69) is 0 Å². The third-order valence-electron chi connectivity index (χ3n) is 5.58. The molecule has 4 rings (SSSR count). The highest BCUT2D eigenvalue weighted by Gasteiger charge is 2.47. The number of carbonyl (C=O) groups excluding carboxylic acids is 2. The van der Waals surface area contributed by atoms with Crippen LogP contribution in [0, 0.1) is 0 Å². The third kappa shape index (κ3) is 5.25. The summed E-state index contributed by atoms with van der Waals surface area (Å²) in [5.74, 6) is -0.0196. The van der Waals surface area contributed by atoms with Crippen LogP contribution in [0.4, 0.5) is 5.69 Å². The second-order valence-corrected chi connectivity index (χ2v) is 10.7. The fourth-order valence-corrected chi connectivity index (χ4v) is 4.25. The summed E-state index contributed by atoms with van der Waals surface area (Å²) in [4.78, 5) is 29.0. The van der Waals surface area contributed by atoms with Crippen molar-refractivity contribution >= 4 is 28.4 Å². The Labute approximate surface area is 211 Å². The van der Waals surface area contributed by atoms with Crippen LogP contribution < -0.4 is 14.4 Å². The molecule has 7 heteroatoms. The molecule has 0 fully saturated rings. The number of fused-ring (bicyclic) bond motifs is 3. The molecule has 190 valence electrons. The third-order valence-corrected chi connectivity index (χ3v) is 5.58. The number of hydrogen-bond acceptors (Lipinski definition) is 7. The van der Waals surface area contributed by atoms with E-state index in [4.69, 9.17) is 18.9 Å². The molecule has 2 atom stereocenters. The van der Waals surface area contributed by atoms with E-state index in [-0.39, 0.29) is 0 Å². The van der Waals surface area contributed by atoms with E-state index in [1.165, 1.54) is 0 Å². The molecule has 0 aliphatic carbocycles. The van der Waals surface area contributed by atoms with E-state index in [9.17, 15) is 9.59 Å². The van der Waals surface area contributed by atoms with Crippen molar-refractivity contribution in [3.63, 3.8) is 0 Å². The molecule has 0 saturated carbocycles. The van der Waals surface area contributed by atoms with Crippen LogP contribution in [0.3, 0.4) is 0 Å². The van der Waals surface area contributed by atoms with Crippen molar-refractivity contribution in [3.8, 4) is 11.5 Å². The summed E-state index contributed by atoms with van der Waals surface area (Å²) < 4.78 is 23.2. The number of anilines is 1. The van der Waals surface area contributed by atoms with Gasteiger partial charge in [-0.1, -0.05) is 30.3 Å². The first-order chi connectivity index (χ1) is 16.9. The van der Waals surface area contributed by atoms with Crippen LogP contribution in [0.25, 0.3) is 10.8 Å². The molecular weight excluding hydrogens is 458 g/mol. The summed E-state index contributed by atoms with van der Waals surface area (Å²) in [6.45, 7) is 10.8. The fourth-order valence-electron chi connectivity index (χ4n) is 4.25. The van der Waals surface area contributed by atoms with Gasteiger partial charge in [-0.25, -0.2) is 9.59 Å². The van der Waals surface area contributed by atoms with Gasteiger partial charge in [0.2, 0.25) is 0 Å². The van der Waals surface area contributed by atoms with E-state index >= 15 is 0 Å². The predicted octanol–water partition coefficient (Wildman–Crippen LogP) is 5.80. The van der Waals surface area contributed by atoms with Crippen molar-refractivity contribution in [2.45, 2.75) is 65.0 Å². The Hall–Kier alpha value is -3.74. The van der Waals surface area contributed by atoms with Gasteiger partial charge >= 0.3 is 11.9 Å². The highest BCUT2D eigenvalue weighted by Crippen LogP contribution is 2.45. The van der Waals surface area contributed by atoms with Crippen molar-refractivity contribution < 1.29 is 28.5 Å². The maximum atomic E-state index is 13.9. The highest BCUT2D eigenvalue weighted by atomic mass is 16.6. The summed E-state index contributed by atoms with van der Waals surface area (Å²) in [6.07, 6.45) is -1.22. The number of methoxy groups -OCH3 is 1. The van der Waals surface area contributed by atoms with E-state index in [1.54, 1.807) is 63.1 Å². The molecule has 1 aliphatic heterocycles. The normalized spacial score (nSPS) is 17.7. The largest absolute Gasteiger partial charge is 0.497 e. The molecule has 3 aromatic rings. The molecule has 0 bridgehead atoms. The number of esters is 2. The van der Waals surface area contributed by atoms with Gasteiger partial charge in [-0.2, -0.15) is 0 Å². The lowest BCUT2D eigenvalue weighted by atomic mass is 9.94. The van der Waals surface area contributed by atoms with Crippen LogP contribution in [-0.2, 0) is 19.1 Å². The lowest BCUT2D eigenvalue weighted by molar-refractivity contribution is -0.166. The number of benzene rings is 3. The summed E-state index contributed by atoms with van der Waals surface area (Å²) in [5.41, 5.74) is -0.274. The number of ether oxygens (including phenoxy) is 4. The topological polar surface area (TPSA) is 74.3 Å². The second kappa shape index (κ2) is 9.37. The Bertz CT molecular complexity index is 1270. The molecule has 36 heavy (non-hydrogen) atoms. The Morgan fingerprint density at radius 2 is 1.42 bits per heavy atom. The van der Waals surface area contributed by atoms with Gasteiger partial charge in [0, 0.05) is 11.3 Å². The Morgan fingerprint density at radius 1 is 0.806 bits per heavy atom. The molecule has 7 nitrogen and oxygen atoms in total. The van der Waals surface area contributed by atoms with E-state index in [0.717, 1.165) is 10.8 Å². The van der Waals surface area contributed by atoms with Gasteiger partial charge in [0.15, 0.2) is 6.04 Å². The van der Waals surface area contributed by atoms with Crippen LogP contribution in [0.1, 0.15) is 53.1 Å². The van der Waals surface area contributed by atoms with Crippen LogP contribution in [0.2, 0.25) is 0 Å². The maximum absolute atomic E-state index is 13.9. The molecule has 1 aliphatic rings. The quantitative estimate of drug-likeness (QED) is 0.427. The van der Waals surface area contributed by atoms with Gasteiger partial charge in [-0.05, 0) is 82.6 Å². The van der Waals surface area contributed by atoms with Gasteiger partial charge in [0.05, 0.1) is 7.11 Å². The molecule has 1 unspecified atom stereocenters. The molecule has 0 amide bonds. The summed E-state index contributed by atoms with van der Waals surface area (Å²) in [6, 6.07) is 17.6. The van der Waals surface area contributed by atoms with Crippen LogP contribution in [-0.4, -0.2) is 36.5 Å². The molecule has 3 aromatic carbocycles. The molecule has 0 N–H and O–H groups in total. The van der Waals surface area contributed by atoms with Gasteiger partial charge in [-0.15, -0.1) is 0 Å². The average Bonchev–Trinajstić information content (AvgIpc) is 2.80. The maximum Gasteiger partial charge on any atom is 0.369 e. The first kappa shape index (κ1) is 25.4. The zero-order chi connectivity index (χ0) is 26.3. The van der Waals surface area contributed by atoms with E-state index in [1.807, 2.05) is 51.1 Å². The lowest BCUT2D eigenvalue weighted by Crippen LogP contribution is -2.55. The first-order valence-corrected chi connectivity index (χ1v) is 11.9. The number of carbonyl (C=O) groups is 2.